The van der Waals surface area contributed by atoms with Crippen LogP contribution >= 0.6 is 0 Å². The number of hydrogen-bond acceptors (Lipinski definition) is 3. The Bertz CT molecular complexity index is 247. The highest BCUT2D eigenvalue weighted by atomic mass is 16.5. The number of methoxy groups -OCH3 is 1. The lowest BCUT2D eigenvalue weighted by atomic mass is 10.3. The Labute approximate surface area is 78.9 Å². The van der Waals surface area contributed by atoms with Gasteiger partial charge in [-0.15, -0.1) is 0 Å². The molecule has 0 bridgehead atoms. The van der Waals surface area contributed by atoms with Crippen molar-refractivity contribution < 1.29 is 4.74 Å². The highest BCUT2D eigenvalue weighted by Gasteiger charge is 2.07. The number of nitrogens with zero attached hydrogens (tertiary/aromatic N) is 2. The Morgan fingerprint density at radius 3 is 2.92 bits per heavy atom. The zero-order chi connectivity index (χ0) is 9.68. The molecule has 0 radical (unpaired) electrons. The molecular weight excluding hydrogens is 166 g/mol. The van der Waals surface area contributed by atoms with Crippen LogP contribution in [0.4, 0.5) is 0 Å². The molecule has 13 heavy (non-hydrogen) atoms. The fourth-order valence-electron chi connectivity index (χ4n) is 1.26. The van der Waals surface area contributed by atoms with Crippen molar-refractivity contribution in [1.29, 1.82) is 0 Å². The molecule has 1 rings (SSSR count). The zero-order valence-electron chi connectivity index (χ0n) is 8.45. The molecule has 0 saturated carbocycles. The maximum Gasteiger partial charge on any atom is 0.105 e. The summed E-state index contributed by atoms with van der Waals surface area (Å²) < 4.78 is 7.20. The molecule has 0 aliphatic heterocycles. The molecule has 1 N–H and O–H groups in total. The summed E-state index contributed by atoms with van der Waals surface area (Å²) in [6.07, 6.45) is 3.80. The number of likely N-dealkylation sites (N-methyl/N-ethyl adjacent to an activating group) is 1. The van der Waals surface area contributed by atoms with Gasteiger partial charge in [-0.1, -0.05) is 0 Å². The highest BCUT2D eigenvalue weighted by molar-refractivity contribution is 4.89. The molecule has 0 spiro atoms. The number of nitrogens with one attached hydrogen (secondary N) is 1. The number of aryl methyl sites for hydroxylation is 1. The van der Waals surface area contributed by atoms with Crippen molar-refractivity contribution in [2.75, 3.05) is 20.8 Å². The topological polar surface area (TPSA) is 39.1 Å². The van der Waals surface area contributed by atoms with Crippen LogP contribution < -0.4 is 5.32 Å². The van der Waals surface area contributed by atoms with Crippen LogP contribution in [0.15, 0.2) is 12.4 Å². The third-order valence-electron chi connectivity index (χ3n) is 2.12. The second kappa shape index (κ2) is 4.99. The summed E-state index contributed by atoms with van der Waals surface area (Å²) in [7, 11) is 3.65. The predicted octanol–water partition coefficient (Wildman–Crippen LogP) is 0.426. The Hall–Kier alpha value is -0.870. The van der Waals surface area contributed by atoms with Crippen LogP contribution in [0.2, 0.25) is 0 Å². The quantitative estimate of drug-likeness (QED) is 0.719. The number of imidazole rings is 1. The Morgan fingerprint density at radius 2 is 2.46 bits per heavy atom. The lowest BCUT2D eigenvalue weighted by Crippen LogP contribution is -2.34. The monoisotopic (exact) mass is 183 g/mol. The van der Waals surface area contributed by atoms with Gasteiger partial charge in [0.25, 0.3) is 0 Å². The second-order valence-electron chi connectivity index (χ2n) is 3.07. The van der Waals surface area contributed by atoms with Gasteiger partial charge in [-0.25, -0.2) is 4.98 Å². The first kappa shape index (κ1) is 10.2. The van der Waals surface area contributed by atoms with Gasteiger partial charge in [0.05, 0.1) is 6.61 Å². The van der Waals surface area contributed by atoms with Gasteiger partial charge in [0.2, 0.25) is 0 Å². The Morgan fingerprint density at radius 1 is 1.69 bits per heavy atom. The molecule has 4 heteroatoms. The summed E-state index contributed by atoms with van der Waals surface area (Å²) in [5, 5.41) is 3.19. The molecule has 0 aliphatic carbocycles. The minimum absolute atomic E-state index is 0.345. The van der Waals surface area contributed by atoms with E-state index in [4.69, 9.17) is 4.74 Å². The van der Waals surface area contributed by atoms with E-state index in [9.17, 15) is 0 Å². The van der Waals surface area contributed by atoms with Gasteiger partial charge >= 0.3 is 0 Å². The fraction of sp³-hybridized carbons (Fsp3) is 0.667. The van der Waals surface area contributed by atoms with Crippen molar-refractivity contribution in [3.8, 4) is 0 Å². The van der Waals surface area contributed by atoms with Crippen LogP contribution in [0.3, 0.4) is 0 Å². The van der Waals surface area contributed by atoms with Gasteiger partial charge < -0.3 is 14.6 Å². The van der Waals surface area contributed by atoms with Crippen LogP contribution in [-0.4, -0.2) is 36.4 Å². The molecule has 1 aromatic rings. The molecule has 0 amide bonds. The minimum Gasteiger partial charge on any atom is -0.383 e. The van der Waals surface area contributed by atoms with E-state index in [2.05, 4.69) is 14.9 Å². The minimum atomic E-state index is 0.345. The Kier molecular flexibility index (Phi) is 3.92. The van der Waals surface area contributed by atoms with E-state index in [0.29, 0.717) is 12.6 Å². The molecule has 0 aliphatic rings. The van der Waals surface area contributed by atoms with E-state index in [0.717, 1.165) is 12.4 Å². The van der Waals surface area contributed by atoms with Gasteiger partial charge in [0, 0.05) is 32.1 Å². The van der Waals surface area contributed by atoms with Gasteiger partial charge in [-0.2, -0.15) is 0 Å². The van der Waals surface area contributed by atoms with E-state index in [1.165, 1.54) is 0 Å². The van der Waals surface area contributed by atoms with Crippen molar-refractivity contribution >= 4 is 0 Å². The summed E-state index contributed by atoms with van der Waals surface area (Å²) in [5.41, 5.74) is 0. The van der Waals surface area contributed by atoms with E-state index in [1.807, 2.05) is 26.4 Å². The largest absolute Gasteiger partial charge is 0.383 e. The average molecular weight is 183 g/mol. The molecular formula is C9H17N3O. The molecule has 0 fully saturated rings. The van der Waals surface area contributed by atoms with E-state index < -0.39 is 0 Å². The van der Waals surface area contributed by atoms with Crippen molar-refractivity contribution in [1.82, 2.24) is 14.9 Å². The molecule has 4 nitrogen and oxygen atoms in total. The SMILES string of the molecule is CNC(COC)Cn1ccnc1C. The molecule has 74 valence electrons. The first-order valence-electron chi connectivity index (χ1n) is 4.42. The van der Waals surface area contributed by atoms with Gasteiger partial charge in [0.1, 0.15) is 5.82 Å². The van der Waals surface area contributed by atoms with Crippen molar-refractivity contribution in [2.45, 2.75) is 19.5 Å². The molecule has 1 unspecified atom stereocenters. The number of hydrogen-bond donors (Lipinski definition) is 1. The van der Waals surface area contributed by atoms with E-state index >= 15 is 0 Å². The van der Waals surface area contributed by atoms with Crippen molar-refractivity contribution in [2.24, 2.45) is 0 Å². The van der Waals surface area contributed by atoms with Crippen LogP contribution in [0.1, 0.15) is 5.82 Å². The van der Waals surface area contributed by atoms with Crippen molar-refractivity contribution in [3.05, 3.63) is 18.2 Å². The lowest BCUT2D eigenvalue weighted by molar-refractivity contribution is 0.162. The fourth-order valence-corrected chi connectivity index (χ4v) is 1.26. The van der Waals surface area contributed by atoms with Crippen LogP contribution in [-0.2, 0) is 11.3 Å². The standard InChI is InChI=1S/C9H17N3O/c1-8-11-4-5-12(8)6-9(10-2)7-13-3/h4-5,9-10H,6-7H2,1-3H3. The molecule has 0 aromatic carbocycles. The van der Waals surface area contributed by atoms with Crippen LogP contribution in [0.5, 0.6) is 0 Å². The summed E-state index contributed by atoms with van der Waals surface area (Å²) >= 11 is 0. The van der Waals surface area contributed by atoms with E-state index in [1.54, 1.807) is 7.11 Å². The van der Waals surface area contributed by atoms with Crippen LogP contribution in [0, 0.1) is 6.92 Å². The molecule has 0 saturated heterocycles. The van der Waals surface area contributed by atoms with Crippen LogP contribution in [0.25, 0.3) is 0 Å². The average Bonchev–Trinajstić information content (AvgIpc) is 2.51. The maximum atomic E-state index is 5.09. The third kappa shape index (κ3) is 2.82. The molecule has 1 heterocycles. The third-order valence-corrected chi connectivity index (χ3v) is 2.12. The number of aromatic nitrogens is 2. The second-order valence-corrected chi connectivity index (χ2v) is 3.07. The maximum absolute atomic E-state index is 5.09. The van der Waals surface area contributed by atoms with Gasteiger partial charge in [0.15, 0.2) is 0 Å². The van der Waals surface area contributed by atoms with Crippen molar-refractivity contribution in [3.63, 3.8) is 0 Å². The number of rotatable bonds is 5. The first-order chi connectivity index (χ1) is 6.27. The summed E-state index contributed by atoms with van der Waals surface area (Å²) in [5.74, 6) is 1.04. The summed E-state index contributed by atoms with van der Waals surface area (Å²) in [6, 6.07) is 0.345. The smallest absolute Gasteiger partial charge is 0.105 e. The number of ether oxygens (including phenoxy) is 1. The summed E-state index contributed by atoms with van der Waals surface area (Å²) in [6.45, 7) is 3.61. The first-order valence-corrected chi connectivity index (χ1v) is 4.42. The molecule has 1 atom stereocenters. The van der Waals surface area contributed by atoms with E-state index in [-0.39, 0.29) is 0 Å². The molecule has 1 aromatic heterocycles. The summed E-state index contributed by atoms with van der Waals surface area (Å²) in [4.78, 5) is 4.16. The Balaban J connectivity index is 2.51. The predicted molar refractivity (Wildman–Crippen MR) is 51.7 cm³/mol. The zero-order valence-corrected chi connectivity index (χ0v) is 8.45. The highest BCUT2D eigenvalue weighted by Crippen LogP contribution is 1.98. The van der Waals surface area contributed by atoms with Gasteiger partial charge in [-0.05, 0) is 14.0 Å². The van der Waals surface area contributed by atoms with Gasteiger partial charge in [-0.3, -0.25) is 0 Å². The normalized spacial score (nSPS) is 13.2. The lowest BCUT2D eigenvalue weighted by Gasteiger charge is -2.16.